The third-order valence-corrected chi connectivity index (χ3v) is 3.63. The number of hydrogen-bond acceptors (Lipinski definition) is 4. The molecule has 2 rings (SSSR count). The van der Waals surface area contributed by atoms with Crippen LogP contribution in [0.4, 0.5) is 11.5 Å². The zero-order valence-corrected chi connectivity index (χ0v) is 14.6. The van der Waals surface area contributed by atoms with Crippen LogP contribution in [0, 0.1) is 0 Å². The summed E-state index contributed by atoms with van der Waals surface area (Å²) < 4.78 is -2.06. The topological polar surface area (TPSA) is 68.0 Å². The van der Waals surface area contributed by atoms with Crippen molar-refractivity contribution in [2.75, 3.05) is 11.1 Å². The van der Waals surface area contributed by atoms with Crippen LogP contribution in [-0.4, -0.2) is 14.6 Å². The summed E-state index contributed by atoms with van der Waals surface area (Å²) >= 11 is 22.8. The van der Waals surface area contributed by atoms with Gasteiger partial charge in [0.1, 0.15) is 5.82 Å². The van der Waals surface area contributed by atoms with Crippen LogP contribution in [0.15, 0.2) is 48.7 Å². The predicted octanol–water partition coefficient (Wildman–Crippen LogP) is 4.71. The van der Waals surface area contributed by atoms with Crippen molar-refractivity contribution in [2.45, 2.75) is 3.79 Å². The molecule has 0 bridgehead atoms. The van der Waals surface area contributed by atoms with Crippen LogP contribution >= 0.6 is 46.4 Å². The van der Waals surface area contributed by atoms with Gasteiger partial charge in [0.05, 0.1) is 5.69 Å². The van der Waals surface area contributed by atoms with Crippen molar-refractivity contribution in [3.05, 3.63) is 59.3 Å². The van der Waals surface area contributed by atoms with Crippen LogP contribution in [0.25, 0.3) is 5.70 Å². The molecule has 8 heteroatoms. The minimum absolute atomic E-state index is 0.272. The first-order chi connectivity index (χ1) is 10.8. The Balaban J connectivity index is 2.43. The maximum Gasteiger partial charge on any atom is 0.252 e. The fourth-order valence-electron chi connectivity index (χ4n) is 1.70. The fraction of sp³-hybridized carbons (Fsp3) is 0.0667. The van der Waals surface area contributed by atoms with Gasteiger partial charge in [0, 0.05) is 23.0 Å². The third-order valence-electron chi connectivity index (χ3n) is 2.82. The van der Waals surface area contributed by atoms with Crippen LogP contribution in [0.1, 0.15) is 5.56 Å². The minimum Gasteiger partial charge on any atom is -0.382 e. The summed E-state index contributed by atoms with van der Waals surface area (Å²) in [5.41, 5.74) is 7.39. The molecule has 4 nitrogen and oxygen atoms in total. The summed E-state index contributed by atoms with van der Waals surface area (Å²) in [6, 6.07) is 10.2. The largest absolute Gasteiger partial charge is 0.382 e. The Kier molecular flexibility index (Phi) is 5.76. The van der Waals surface area contributed by atoms with E-state index in [9.17, 15) is 4.79 Å². The van der Waals surface area contributed by atoms with Gasteiger partial charge in [-0.25, -0.2) is 4.98 Å². The molecule has 120 valence electrons. The molecule has 0 aliphatic heterocycles. The Morgan fingerprint density at radius 3 is 2.39 bits per heavy atom. The zero-order valence-electron chi connectivity index (χ0n) is 11.6. The number of nitrogens with zero attached hydrogens (tertiary/aromatic N) is 1. The highest BCUT2D eigenvalue weighted by Crippen LogP contribution is 2.30. The van der Waals surface area contributed by atoms with Gasteiger partial charge >= 0.3 is 0 Å². The lowest BCUT2D eigenvalue weighted by Gasteiger charge is -2.14. The quantitative estimate of drug-likeness (QED) is 0.585. The highest BCUT2D eigenvalue weighted by molar-refractivity contribution is 6.77. The molecular formula is C15H11Cl4N3O. The zero-order chi connectivity index (χ0) is 17.0. The van der Waals surface area contributed by atoms with Crippen LogP contribution in [0.2, 0.25) is 5.02 Å². The van der Waals surface area contributed by atoms with E-state index in [2.05, 4.69) is 10.3 Å². The molecule has 0 unspecified atom stereocenters. The number of nitrogens with two attached hydrogens (primary N) is 1. The van der Waals surface area contributed by atoms with Gasteiger partial charge in [-0.2, -0.15) is 0 Å². The van der Waals surface area contributed by atoms with Gasteiger partial charge < -0.3 is 11.1 Å². The number of carbonyl (C=O) groups is 1. The third kappa shape index (κ3) is 5.01. The van der Waals surface area contributed by atoms with E-state index in [1.165, 1.54) is 6.08 Å². The second-order valence-electron chi connectivity index (χ2n) is 4.49. The van der Waals surface area contributed by atoms with E-state index in [0.717, 1.165) is 0 Å². The first-order valence-electron chi connectivity index (χ1n) is 6.33. The number of pyridine rings is 1. The molecule has 0 atom stereocenters. The highest BCUT2D eigenvalue weighted by Gasteiger charge is 2.29. The number of ketones is 1. The Labute approximate surface area is 153 Å². The molecule has 0 fully saturated rings. The van der Waals surface area contributed by atoms with Crippen LogP contribution in [-0.2, 0) is 4.79 Å². The number of nitrogens with one attached hydrogen (secondary N) is 1. The van der Waals surface area contributed by atoms with Gasteiger partial charge in [-0.05, 0) is 29.8 Å². The van der Waals surface area contributed by atoms with Gasteiger partial charge in [-0.15, -0.1) is 0 Å². The maximum absolute atomic E-state index is 12.0. The van der Waals surface area contributed by atoms with E-state index in [1.807, 2.05) is 0 Å². The summed E-state index contributed by atoms with van der Waals surface area (Å²) in [6.45, 7) is 0. The number of benzene rings is 1. The highest BCUT2D eigenvalue weighted by atomic mass is 35.6. The molecule has 0 saturated heterocycles. The first kappa shape index (κ1) is 17.9. The molecule has 0 amide bonds. The SMILES string of the molecule is Nc1ncccc1N/C(=C/C(=O)C(Cl)(Cl)Cl)c1ccc(Cl)cc1. The average molecular weight is 391 g/mol. The molecule has 1 aromatic carbocycles. The lowest BCUT2D eigenvalue weighted by molar-refractivity contribution is -0.113. The summed E-state index contributed by atoms with van der Waals surface area (Å²) in [6.07, 6.45) is 2.75. The van der Waals surface area contributed by atoms with Crippen molar-refractivity contribution >= 4 is 69.4 Å². The van der Waals surface area contributed by atoms with Crippen molar-refractivity contribution < 1.29 is 4.79 Å². The number of aromatic nitrogens is 1. The first-order valence-corrected chi connectivity index (χ1v) is 7.85. The van der Waals surface area contributed by atoms with E-state index in [4.69, 9.17) is 52.1 Å². The normalized spacial score (nSPS) is 12.1. The fourth-order valence-corrected chi connectivity index (χ4v) is 1.99. The van der Waals surface area contributed by atoms with E-state index in [0.29, 0.717) is 22.0 Å². The molecule has 0 saturated carbocycles. The number of halogens is 4. The van der Waals surface area contributed by atoms with Gasteiger partial charge in [0.2, 0.25) is 5.78 Å². The number of carbonyl (C=O) groups excluding carboxylic acids is 1. The van der Waals surface area contributed by atoms with Crippen LogP contribution in [0.5, 0.6) is 0 Å². The average Bonchev–Trinajstić information content (AvgIpc) is 2.48. The van der Waals surface area contributed by atoms with Crippen molar-refractivity contribution in [3.63, 3.8) is 0 Å². The number of nitrogen functional groups attached to an aromatic ring is 1. The number of anilines is 2. The number of rotatable bonds is 4. The smallest absolute Gasteiger partial charge is 0.252 e. The van der Waals surface area contributed by atoms with E-state index in [1.54, 1.807) is 42.6 Å². The maximum atomic E-state index is 12.0. The lowest BCUT2D eigenvalue weighted by atomic mass is 10.1. The van der Waals surface area contributed by atoms with Gasteiger partial charge in [-0.3, -0.25) is 4.79 Å². The second-order valence-corrected chi connectivity index (χ2v) is 7.21. The van der Waals surface area contributed by atoms with E-state index >= 15 is 0 Å². The Hall–Kier alpha value is -1.46. The Morgan fingerprint density at radius 1 is 1.17 bits per heavy atom. The predicted molar refractivity (Wildman–Crippen MR) is 97.0 cm³/mol. The molecule has 0 aliphatic rings. The summed E-state index contributed by atoms with van der Waals surface area (Å²) in [5.74, 6) is -0.420. The van der Waals surface area contributed by atoms with Crippen LogP contribution < -0.4 is 11.1 Å². The monoisotopic (exact) mass is 389 g/mol. The standard InChI is InChI=1S/C15H11Cl4N3O/c16-10-5-3-9(4-6-10)12(8-13(23)15(17,18)19)22-11-2-1-7-21-14(11)20/h1-8,22H,(H2,20,21)/b12-8+. The van der Waals surface area contributed by atoms with Crippen molar-refractivity contribution in [1.29, 1.82) is 0 Å². The minimum atomic E-state index is -2.06. The molecular weight excluding hydrogens is 380 g/mol. The molecule has 2 aromatic rings. The number of hydrogen-bond donors (Lipinski definition) is 2. The van der Waals surface area contributed by atoms with Crippen molar-refractivity contribution in [1.82, 2.24) is 4.98 Å². The van der Waals surface area contributed by atoms with E-state index < -0.39 is 9.58 Å². The summed E-state index contributed by atoms with van der Waals surface area (Å²) in [4.78, 5) is 16.0. The number of alkyl halides is 3. The summed E-state index contributed by atoms with van der Waals surface area (Å²) in [7, 11) is 0. The van der Waals surface area contributed by atoms with Gasteiger partial charge in [0.15, 0.2) is 0 Å². The Bertz CT molecular complexity index is 739. The van der Waals surface area contributed by atoms with E-state index in [-0.39, 0.29) is 5.82 Å². The molecule has 0 aliphatic carbocycles. The van der Waals surface area contributed by atoms with Crippen molar-refractivity contribution in [3.8, 4) is 0 Å². The van der Waals surface area contributed by atoms with Crippen molar-refractivity contribution in [2.24, 2.45) is 0 Å². The second kappa shape index (κ2) is 7.41. The van der Waals surface area contributed by atoms with Gasteiger partial charge in [-0.1, -0.05) is 58.5 Å². The lowest BCUT2D eigenvalue weighted by Crippen LogP contribution is -2.17. The molecule has 1 heterocycles. The molecule has 3 N–H and O–H groups in total. The molecule has 1 aromatic heterocycles. The van der Waals surface area contributed by atoms with Gasteiger partial charge in [0.25, 0.3) is 3.79 Å². The van der Waals surface area contributed by atoms with Crippen LogP contribution in [0.3, 0.4) is 0 Å². The molecule has 0 spiro atoms. The Morgan fingerprint density at radius 2 is 1.83 bits per heavy atom. The summed E-state index contributed by atoms with van der Waals surface area (Å²) in [5, 5.41) is 3.58. The number of allylic oxidation sites excluding steroid dienone is 1. The molecule has 23 heavy (non-hydrogen) atoms. The molecule has 0 radical (unpaired) electrons.